The number of nitrogens with zero attached hydrogens (tertiary/aromatic N) is 1. The van der Waals surface area contributed by atoms with Crippen LogP contribution in [0.3, 0.4) is 0 Å². The summed E-state index contributed by atoms with van der Waals surface area (Å²) in [6.07, 6.45) is 4.65. The van der Waals surface area contributed by atoms with Gasteiger partial charge in [0, 0.05) is 18.6 Å². The predicted molar refractivity (Wildman–Crippen MR) is 79.5 cm³/mol. The number of anilines is 1. The molecule has 2 N–H and O–H groups in total. The molecule has 1 saturated carbocycles. The van der Waals surface area contributed by atoms with Gasteiger partial charge in [-0.25, -0.2) is 0 Å². The Kier molecular flexibility index (Phi) is 4.52. The molecule has 2 rings (SSSR count). The van der Waals surface area contributed by atoms with E-state index in [9.17, 15) is 0 Å². The fraction of sp³-hybridized carbons (Fsp3) is 0.600. The van der Waals surface area contributed by atoms with Gasteiger partial charge in [0.05, 0.1) is 10.7 Å². The summed E-state index contributed by atoms with van der Waals surface area (Å²) in [6.45, 7) is 5.33. The van der Waals surface area contributed by atoms with E-state index in [0.717, 1.165) is 24.4 Å². The van der Waals surface area contributed by atoms with E-state index in [4.69, 9.17) is 17.3 Å². The van der Waals surface area contributed by atoms with Gasteiger partial charge < -0.3 is 10.6 Å². The molecule has 1 unspecified atom stereocenters. The van der Waals surface area contributed by atoms with Gasteiger partial charge in [-0.1, -0.05) is 24.6 Å². The van der Waals surface area contributed by atoms with Crippen molar-refractivity contribution >= 4 is 17.3 Å². The lowest BCUT2D eigenvalue weighted by molar-refractivity contribution is 0.736. The lowest BCUT2D eigenvalue weighted by Crippen LogP contribution is -2.26. The summed E-state index contributed by atoms with van der Waals surface area (Å²) >= 11 is 6.43. The zero-order valence-corrected chi connectivity index (χ0v) is 12.1. The van der Waals surface area contributed by atoms with E-state index in [-0.39, 0.29) is 6.04 Å². The number of hydrogen-bond donors (Lipinski definition) is 1. The lowest BCUT2D eigenvalue weighted by atomic mass is 10.1. The zero-order valence-electron chi connectivity index (χ0n) is 11.3. The molecule has 1 aliphatic rings. The minimum atomic E-state index is 0.182. The Morgan fingerprint density at radius 1 is 1.44 bits per heavy atom. The van der Waals surface area contributed by atoms with E-state index in [0.29, 0.717) is 6.04 Å². The van der Waals surface area contributed by atoms with Crippen LogP contribution in [-0.2, 0) is 6.42 Å². The molecule has 0 spiro atoms. The maximum absolute atomic E-state index is 6.43. The average Bonchev–Trinajstić information content (AvgIpc) is 3.10. The van der Waals surface area contributed by atoms with E-state index in [1.807, 2.05) is 6.92 Å². The van der Waals surface area contributed by atoms with Crippen LogP contribution in [0.5, 0.6) is 0 Å². The molecule has 100 valence electrons. The number of hydrogen-bond acceptors (Lipinski definition) is 2. The van der Waals surface area contributed by atoms with Crippen LogP contribution in [0.1, 0.15) is 38.7 Å². The highest BCUT2D eigenvalue weighted by molar-refractivity contribution is 6.33. The predicted octanol–water partition coefficient (Wildman–Crippen LogP) is 3.61. The lowest BCUT2D eigenvalue weighted by Gasteiger charge is -2.25. The summed E-state index contributed by atoms with van der Waals surface area (Å²) in [5, 5.41) is 0.869. The Labute approximate surface area is 115 Å². The molecule has 1 fully saturated rings. The van der Waals surface area contributed by atoms with Crippen molar-refractivity contribution in [3.05, 3.63) is 28.8 Å². The van der Waals surface area contributed by atoms with E-state index in [2.05, 4.69) is 30.0 Å². The van der Waals surface area contributed by atoms with E-state index >= 15 is 0 Å². The molecule has 0 bridgehead atoms. The number of benzene rings is 1. The first kappa shape index (κ1) is 13.7. The second kappa shape index (κ2) is 5.94. The van der Waals surface area contributed by atoms with Gasteiger partial charge in [-0.2, -0.15) is 0 Å². The minimum Gasteiger partial charge on any atom is -0.367 e. The first-order valence-corrected chi connectivity index (χ1v) is 7.30. The van der Waals surface area contributed by atoms with Gasteiger partial charge in [-0.3, -0.25) is 0 Å². The first-order chi connectivity index (χ1) is 8.61. The van der Waals surface area contributed by atoms with E-state index in [1.165, 1.54) is 24.1 Å². The van der Waals surface area contributed by atoms with Crippen molar-refractivity contribution in [2.45, 2.75) is 51.6 Å². The minimum absolute atomic E-state index is 0.182. The van der Waals surface area contributed by atoms with Crippen LogP contribution in [0.25, 0.3) is 0 Å². The van der Waals surface area contributed by atoms with Gasteiger partial charge in [-0.05, 0) is 50.3 Å². The molecule has 0 aromatic heterocycles. The molecular formula is C15H23ClN2. The summed E-state index contributed by atoms with van der Waals surface area (Å²) < 4.78 is 0. The van der Waals surface area contributed by atoms with Gasteiger partial charge >= 0.3 is 0 Å². The fourth-order valence-electron chi connectivity index (χ4n) is 2.41. The van der Waals surface area contributed by atoms with Gasteiger partial charge in [0.25, 0.3) is 0 Å². The third-order valence-electron chi connectivity index (χ3n) is 3.33. The van der Waals surface area contributed by atoms with Crippen molar-refractivity contribution in [1.82, 2.24) is 0 Å². The molecule has 0 heterocycles. The molecule has 3 heteroatoms. The summed E-state index contributed by atoms with van der Waals surface area (Å²) in [4.78, 5) is 2.46. The van der Waals surface area contributed by atoms with Crippen molar-refractivity contribution in [2.24, 2.45) is 5.73 Å². The highest BCUT2D eigenvalue weighted by atomic mass is 35.5. The number of rotatable bonds is 6. The second-order valence-electron chi connectivity index (χ2n) is 5.39. The van der Waals surface area contributed by atoms with Gasteiger partial charge in [0.1, 0.15) is 0 Å². The third kappa shape index (κ3) is 3.39. The number of nitrogens with two attached hydrogens (primary N) is 1. The molecule has 1 aliphatic carbocycles. The summed E-state index contributed by atoms with van der Waals surface area (Å²) in [6, 6.07) is 7.29. The fourth-order valence-corrected chi connectivity index (χ4v) is 2.72. The summed E-state index contributed by atoms with van der Waals surface area (Å²) in [7, 11) is 0. The largest absolute Gasteiger partial charge is 0.367 e. The Balaban J connectivity index is 2.16. The van der Waals surface area contributed by atoms with Crippen LogP contribution in [0.2, 0.25) is 5.02 Å². The molecular weight excluding hydrogens is 244 g/mol. The van der Waals surface area contributed by atoms with Crippen LogP contribution in [-0.4, -0.2) is 18.6 Å². The van der Waals surface area contributed by atoms with E-state index < -0.39 is 0 Å². The molecule has 1 aromatic rings. The summed E-state index contributed by atoms with van der Waals surface area (Å²) in [5.41, 5.74) is 8.24. The summed E-state index contributed by atoms with van der Waals surface area (Å²) in [5.74, 6) is 0. The second-order valence-corrected chi connectivity index (χ2v) is 5.80. The Bertz CT molecular complexity index is 399. The SMILES string of the molecule is CCCN(c1ccc(CC(C)N)cc1Cl)C1CC1. The zero-order chi connectivity index (χ0) is 13.1. The molecule has 0 aliphatic heterocycles. The topological polar surface area (TPSA) is 29.3 Å². The number of halogens is 1. The average molecular weight is 267 g/mol. The molecule has 0 saturated heterocycles. The van der Waals surface area contributed by atoms with Crippen LogP contribution < -0.4 is 10.6 Å². The maximum Gasteiger partial charge on any atom is 0.0642 e. The van der Waals surface area contributed by atoms with Gasteiger partial charge in [0.2, 0.25) is 0 Å². The molecule has 2 nitrogen and oxygen atoms in total. The normalized spacial score (nSPS) is 16.7. The van der Waals surface area contributed by atoms with Gasteiger partial charge in [-0.15, -0.1) is 0 Å². The van der Waals surface area contributed by atoms with Crippen molar-refractivity contribution in [2.75, 3.05) is 11.4 Å². The van der Waals surface area contributed by atoms with Crippen molar-refractivity contribution in [3.8, 4) is 0 Å². The van der Waals surface area contributed by atoms with Crippen LogP contribution in [0.15, 0.2) is 18.2 Å². The van der Waals surface area contributed by atoms with Crippen molar-refractivity contribution in [3.63, 3.8) is 0 Å². The highest BCUT2D eigenvalue weighted by Crippen LogP contribution is 2.36. The molecule has 0 amide bonds. The Hall–Kier alpha value is -0.730. The van der Waals surface area contributed by atoms with Crippen LogP contribution in [0, 0.1) is 0 Å². The standard InChI is InChI=1S/C15H23ClN2/c1-3-8-18(13-5-6-13)15-7-4-12(9-11(2)17)10-14(15)16/h4,7,10-11,13H,3,5-6,8-9,17H2,1-2H3. The smallest absolute Gasteiger partial charge is 0.0642 e. The van der Waals surface area contributed by atoms with Crippen molar-refractivity contribution in [1.29, 1.82) is 0 Å². The van der Waals surface area contributed by atoms with Crippen LogP contribution >= 0.6 is 11.6 Å². The quantitative estimate of drug-likeness (QED) is 0.852. The highest BCUT2D eigenvalue weighted by Gasteiger charge is 2.29. The third-order valence-corrected chi connectivity index (χ3v) is 3.63. The van der Waals surface area contributed by atoms with Crippen LogP contribution in [0.4, 0.5) is 5.69 Å². The maximum atomic E-state index is 6.43. The first-order valence-electron chi connectivity index (χ1n) is 6.92. The Morgan fingerprint density at radius 3 is 2.67 bits per heavy atom. The van der Waals surface area contributed by atoms with Gasteiger partial charge in [0.15, 0.2) is 0 Å². The molecule has 1 atom stereocenters. The van der Waals surface area contributed by atoms with E-state index in [1.54, 1.807) is 0 Å². The molecule has 1 aromatic carbocycles. The molecule has 18 heavy (non-hydrogen) atoms. The Morgan fingerprint density at radius 2 is 2.17 bits per heavy atom. The molecule has 0 radical (unpaired) electrons. The monoisotopic (exact) mass is 266 g/mol. The van der Waals surface area contributed by atoms with Crippen molar-refractivity contribution < 1.29 is 0 Å².